The number of H-pyrrole nitrogens is 1. The zero-order valence-electron chi connectivity index (χ0n) is 26.2. The molecule has 3 aromatic rings. The number of alkyl halides is 1. The molecule has 9 nitrogen and oxygen atoms in total. The van der Waals surface area contributed by atoms with Gasteiger partial charge in [-0.2, -0.15) is 0 Å². The molecule has 2 fully saturated rings. The number of nitrogens with one attached hydrogen (secondary N) is 2. The van der Waals surface area contributed by atoms with E-state index in [9.17, 15) is 4.39 Å². The monoisotopic (exact) mass is 598 g/mol. The molecule has 3 N–H and O–H groups in total. The van der Waals surface area contributed by atoms with E-state index in [1.165, 1.54) is 39.4 Å². The van der Waals surface area contributed by atoms with Crippen molar-refractivity contribution in [3.8, 4) is 29.7 Å². The number of aromatic amines is 1. The van der Waals surface area contributed by atoms with Crippen molar-refractivity contribution in [2.45, 2.75) is 52.6 Å². The Morgan fingerprint density at radius 2 is 1.93 bits per heavy atom. The number of rotatable bonds is 13. The summed E-state index contributed by atoms with van der Waals surface area (Å²) in [7, 11) is 2.66. The lowest BCUT2D eigenvalue weighted by Gasteiger charge is -2.55. The highest BCUT2D eigenvalue weighted by Crippen LogP contribution is 2.38. The maximum atomic E-state index is 12.7. The van der Waals surface area contributed by atoms with Crippen molar-refractivity contribution in [2.24, 2.45) is 5.41 Å². The van der Waals surface area contributed by atoms with Crippen molar-refractivity contribution >= 4 is 16.7 Å². The molecule has 0 radical (unpaired) electrons. The van der Waals surface area contributed by atoms with Gasteiger partial charge >= 0.3 is 0 Å². The highest BCUT2D eigenvalue weighted by atomic mass is 19.1. The number of likely N-dealkylation sites (tertiary alicyclic amines) is 1. The molecule has 2 aromatic heterocycles. The van der Waals surface area contributed by atoms with Crippen molar-refractivity contribution in [3.63, 3.8) is 0 Å². The van der Waals surface area contributed by atoms with Crippen LogP contribution >= 0.6 is 0 Å². The van der Waals surface area contributed by atoms with E-state index in [0.29, 0.717) is 25.0 Å². The van der Waals surface area contributed by atoms with Gasteiger partial charge in [0.2, 0.25) is 0 Å². The lowest BCUT2D eigenvalue weighted by molar-refractivity contribution is -0.188. The Morgan fingerprint density at radius 3 is 2.56 bits per heavy atom. The summed E-state index contributed by atoms with van der Waals surface area (Å²) >= 11 is 0. The van der Waals surface area contributed by atoms with Gasteiger partial charge in [-0.15, -0.1) is 0 Å². The van der Waals surface area contributed by atoms with Crippen LogP contribution in [-0.2, 0) is 11.2 Å². The molecule has 10 heteroatoms. The summed E-state index contributed by atoms with van der Waals surface area (Å²) in [5, 5.41) is 10.7. The molecule has 1 atom stereocenters. The number of pyridine rings is 1. The first-order chi connectivity index (χ1) is 20.9. The Hall–Kier alpha value is -3.52. The largest absolute Gasteiger partial charge is 0.493 e. The molecule has 0 aliphatic carbocycles. The van der Waals surface area contributed by atoms with Crippen LogP contribution in [0.25, 0.3) is 10.9 Å². The molecule has 0 bridgehead atoms. The molecular weight excluding hydrogens is 551 g/mol. The fraction of sp³-hybridized carbons (Fsp3) is 0.545. The summed E-state index contributed by atoms with van der Waals surface area (Å²) in [5.74, 6) is 3.00. The van der Waals surface area contributed by atoms with E-state index in [1.807, 2.05) is 38.1 Å². The van der Waals surface area contributed by atoms with Crippen molar-refractivity contribution in [1.29, 1.82) is 0 Å². The van der Waals surface area contributed by atoms with Crippen LogP contribution in [0.3, 0.4) is 0 Å². The number of aliphatic hydroxyl groups is 1. The average molecular weight is 599 g/mol. The number of benzene rings is 1. The second kappa shape index (κ2) is 16.9. The summed E-state index contributed by atoms with van der Waals surface area (Å²) < 4.78 is 35.3. The predicted octanol–water partition coefficient (Wildman–Crippen LogP) is 5.36. The minimum Gasteiger partial charge on any atom is -0.493 e. The Morgan fingerprint density at radius 1 is 1.16 bits per heavy atom. The minimum absolute atomic E-state index is 0.383. The van der Waals surface area contributed by atoms with Crippen LogP contribution in [0.15, 0.2) is 30.5 Å². The summed E-state index contributed by atoms with van der Waals surface area (Å²) in [6.07, 6.45) is 9.81. The molecule has 1 unspecified atom stereocenters. The normalized spacial score (nSPS) is 15.5. The Balaban J connectivity index is 0.000000284. The minimum atomic E-state index is -0.853. The van der Waals surface area contributed by atoms with Gasteiger partial charge in [-0.05, 0) is 70.3 Å². The second-order valence-electron chi connectivity index (χ2n) is 11.0. The number of fused-ring (bicyclic) bond motifs is 1. The van der Waals surface area contributed by atoms with Gasteiger partial charge in [-0.3, -0.25) is 4.98 Å². The molecular formula is C33H47FN4O5. The fourth-order valence-corrected chi connectivity index (χ4v) is 5.41. The van der Waals surface area contributed by atoms with Crippen molar-refractivity contribution < 1.29 is 28.4 Å². The first kappa shape index (κ1) is 34.0. The standard InChI is InChI=1S/C22H30N2O4.C10H13FN2.CH4O/c1-3-27-19-7-8-23-18-12-21(20(25-2)11-17(18)19)28-10-6-4-5-9-24-13-22(14-24)15-26-16-22;1-4-12-10-9(5-7(2)11)6-8(3)13-10;1-2/h7-8,11-12H,3-6,9-10,13-16H2,1-2H3;1,6-7,12-13H,5H2,2-3H3;2H,1H3. The number of unbranched alkanes of at least 4 members (excludes halogenated alkanes) is 2. The van der Waals surface area contributed by atoms with Crippen LogP contribution in [-0.4, -0.2) is 86.4 Å². The van der Waals surface area contributed by atoms with Crippen molar-refractivity contribution in [2.75, 3.05) is 65.6 Å². The van der Waals surface area contributed by atoms with E-state index in [0.717, 1.165) is 72.0 Å². The molecule has 4 heterocycles. The zero-order chi connectivity index (χ0) is 31.2. The van der Waals surface area contributed by atoms with Gasteiger partial charge in [-0.1, -0.05) is 6.42 Å². The molecule has 2 aliphatic heterocycles. The van der Waals surface area contributed by atoms with Gasteiger partial charge in [0.25, 0.3) is 0 Å². The van der Waals surface area contributed by atoms with Gasteiger partial charge in [0.05, 0.1) is 39.1 Å². The van der Waals surface area contributed by atoms with Gasteiger partial charge in [0.15, 0.2) is 11.5 Å². The fourth-order valence-electron chi connectivity index (χ4n) is 5.41. The third-order valence-electron chi connectivity index (χ3n) is 7.33. The molecule has 1 aromatic carbocycles. The van der Waals surface area contributed by atoms with Gasteiger partial charge in [-0.25, -0.2) is 4.39 Å². The third-order valence-corrected chi connectivity index (χ3v) is 7.33. The summed E-state index contributed by atoms with van der Waals surface area (Å²) in [5.41, 5.74) is 3.25. The molecule has 0 saturated carbocycles. The molecule has 236 valence electrons. The molecule has 2 saturated heterocycles. The van der Waals surface area contributed by atoms with E-state index in [2.05, 4.69) is 26.2 Å². The zero-order valence-corrected chi connectivity index (χ0v) is 26.2. The SMILES string of the molecule is C#CNc1[nH]c(C)cc1CC(C)F.CCOc1ccnc2cc(OCCCCCN3CC4(COC4)C3)c(OC)cc12.CO. The smallest absolute Gasteiger partial charge is 0.163 e. The van der Waals surface area contributed by atoms with E-state index in [1.54, 1.807) is 13.3 Å². The molecule has 5 rings (SSSR count). The maximum Gasteiger partial charge on any atom is 0.163 e. The average Bonchev–Trinajstić information content (AvgIpc) is 3.29. The number of hydrogen-bond donors (Lipinski definition) is 3. The number of ether oxygens (including phenoxy) is 4. The van der Waals surface area contributed by atoms with E-state index >= 15 is 0 Å². The maximum absolute atomic E-state index is 12.7. The molecule has 2 aliphatic rings. The number of terminal acetylenes is 1. The third kappa shape index (κ3) is 9.48. The van der Waals surface area contributed by atoms with Crippen LogP contribution in [0.2, 0.25) is 0 Å². The first-order valence-corrected chi connectivity index (χ1v) is 14.9. The lowest BCUT2D eigenvalue weighted by atomic mass is 9.78. The summed E-state index contributed by atoms with van der Waals surface area (Å²) in [6, 6.07) is 9.98. The number of anilines is 1. The van der Waals surface area contributed by atoms with Crippen LogP contribution in [0, 0.1) is 24.8 Å². The lowest BCUT2D eigenvalue weighted by Crippen LogP contribution is -2.65. The first-order valence-electron chi connectivity index (χ1n) is 14.9. The number of nitrogens with zero attached hydrogens (tertiary/aromatic N) is 2. The number of aliphatic hydroxyl groups excluding tert-OH is 1. The highest BCUT2D eigenvalue weighted by Gasteiger charge is 2.48. The van der Waals surface area contributed by atoms with Crippen molar-refractivity contribution in [1.82, 2.24) is 14.9 Å². The predicted molar refractivity (Wildman–Crippen MR) is 169 cm³/mol. The van der Waals surface area contributed by atoms with E-state index < -0.39 is 6.17 Å². The van der Waals surface area contributed by atoms with Crippen LogP contribution in [0.1, 0.15) is 44.4 Å². The Kier molecular flexibility index (Phi) is 13.4. The molecule has 43 heavy (non-hydrogen) atoms. The van der Waals surface area contributed by atoms with Gasteiger partial charge < -0.3 is 39.3 Å². The van der Waals surface area contributed by atoms with Crippen LogP contribution in [0.5, 0.6) is 17.2 Å². The Labute approximate surface area is 255 Å². The quantitative estimate of drug-likeness (QED) is 0.137. The van der Waals surface area contributed by atoms with Gasteiger partial charge in [0, 0.05) is 61.4 Å². The van der Waals surface area contributed by atoms with E-state index in [-0.39, 0.29) is 0 Å². The molecule has 1 spiro atoms. The van der Waals surface area contributed by atoms with E-state index in [4.69, 9.17) is 30.5 Å². The van der Waals surface area contributed by atoms with Crippen LogP contribution < -0.4 is 19.5 Å². The highest BCUT2D eigenvalue weighted by molar-refractivity contribution is 5.88. The number of aromatic nitrogens is 2. The van der Waals surface area contributed by atoms with Crippen molar-refractivity contribution in [3.05, 3.63) is 41.7 Å². The topological polar surface area (TPSA) is 101 Å². The summed E-state index contributed by atoms with van der Waals surface area (Å²) in [6.45, 7) is 12.3. The summed E-state index contributed by atoms with van der Waals surface area (Å²) in [4.78, 5) is 10.0. The Bertz CT molecular complexity index is 1310. The second-order valence-corrected chi connectivity index (χ2v) is 11.0. The number of hydrogen-bond acceptors (Lipinski definition) is 8. The molecule has 0 amide bonds. The number of aryl methyl sites for hydroxylation is 1. The number of methoxy groups -OCH3 is 1. The van der Waals surface area contributed by atoms with Crippen LogP contribution in [0.4, 0.5) is 10.2 Å². The van der Waals surface area contributed by atoms with Gasteiger partial charge in [0.1, 0.15) is 17.7 Å². The number of halogens is 1.